The van der Waals surface area contributed by atoms with Gasteiger partial charge in [-0.05, 0) is 29.6 Å². The van der Waals surface area contributed by atoms with E-state index in [0.717, 1.165) is 10.4 Å². The quantitative estimate of drug-likeness (QED) is 0.265. The molecule has 0 aliphatic carbocycles. The topological polar surface area (TPSA) is 76.1 Å². The van der Waals surface area contributed by atoms with Crippen molar-refractivity contribution in [2.45, 2.75) is 12.6 Å². The van der Waals surface area contributed by atoms with Crippen LogP contribution in [0, 0.1) is 0 Å². The molecule has 1 fully saturated rings. The highest BCUT2D eigenvalue weighted by Crippen LogP contribution is 2.44. The van der Waals surface area contributed by atoms with Crippen LogP contribution in [0.15, 0.2) is 59.5 Å². The Morgan fingerprint density at radius 1 is 1.06 bits per heavy atom. The molecule has 170 valence electrons. The standard InChI is InChI=1S/C24H19Cl2NO5S/c1-31-17-7-4-3-6-13(17)12-27-20(18-8-5-9-33-18)19(22(29)24(27)30)21(28)14-10-15(25)23(32-2)16(26)11-14/h3-11,20,28H,12H2,1-2H3/b21-19-. The third-order valence-corrected chi connectivity index (χ3v) is 6.85. The molecule has 1 amide bonds. The molecule has 1 aliphatic heterocycles. The van der Waals surface area contributed by atoms with Crippen molar-refractivity contribution in [3.05, 3.63) is 85.5 Å². The number of hydrogen-bond donors (Lipinski definition) is 1. The summed E-state index contributed by atoms with van der Waals surface area (Å²) in [5, 5.41) is 13.4. The van der Waals surface area contributed by atoms with Gasteiger partial charge in [0, 0.05) is 16.0 Å². The van der Waals surface area contributed by atoms with Gasteiger partial charge in [-0.1, -0.05) is 47.5 Å². The summed E-state index contributed by atoms with van der Waals surface area (Å²) in [4.78, 5) is 28.4. The predicted octanol–water partition coefficient (Wildman–Crippen LogP) is 5.69. The third kappa shape index (κ3) is 4.19. The van der Waals surface area contributed by atoms with E-state index in [9.17, 15) is 14.7 Å². The van der Waals surface area contributed by atoms with Crippen LogP contribution in [0.5, 0.6) is 11.5 Å². The van der Waals surface area contributed by atoms with Crippen LogP contribution in [0.1, 0.15) is 22.0 Å². The Morgan fingerprint density at radius 3 is 2.36 bits per heavy atom. The fraction of sp³-hybridized carbons (Fsp3) is 0.167. The summed E-state index contributed by atoms with van der Waals surface area (Å²) in [5.74, 6) is -1.02. The normalized spacial score (nSPS) is 17.5. The van der Waals surface area contributed by atoms with Gasteiger partial charge in [-0.2, -0.15) is 0 Å². The van der Waals surface area contributed by atoms with Gasteiger partial charge in [-0.15, -0.1) is 11.3 Å². The van der Waals surface area contributed by atoms with Crippen molar-refractivity contribution in [3.8, 4) is 11.5 Å². The maximum absolute atomic E-state index is 13.1. The lowest BCUT2D eigenvalue weighted by atomic mass is 9.99. The number of para-hydroxylation sites is 1. The van der Waals surface area contributed by atoms with Crippen LogP contribution in [-0.2, 0) is 16.1 Å². The fourth-order valence-corrected chi connectivity index (χ4v) is 5.34. The van der Waals surface area contributed by atoms with Gasteiger partial charge in [-0.25, -0.2) is 0 Å². The highest BCUT2D eigenvalue weighted by Gasteiger charge is 2.46. The summed E-state index contributed by atoms with van der Waals surface area (Å²) < 4.78 is 10.6. The van der Waals surface area contributed by atoms with Crippen molar-refractivity contribution in [2.75, 3.05) is 14.2 Å². The van der Waals surface area contributed by atoms with Crippen LogP contribution < -0.4 is 9.47 Å². The molecule has 9 heteroatoms. The number of aliphatic hydroxyl groups is 1. The van der Waals surface area contributed by atoms with E-state index in [1.54, 1.807) is 13.2 Å². The molecule has 1 atom stereocenters. The van der Waals surface area contributed by atoms with Crippen molar-refractivity contribution < 1.29 is 24.2 Å². The molecule has 0 bridgehead atoms. The van der Waals surface area contributed by atoms with E-state index in [2.05, 4.69) is 0 Å². The van der Waals surface area contributed by atoms with Gasteiger partial charge in [0.2, 0.25) is 0 Å². The maximum atomic E-state index is 13.1. The number of thiophene rings is 1. The SMILES string of the molecule is COc1ccccc1CN1C(=O)C(=O)/C(=C(\O)c2cc(Cl)c(OC)c(Cl)c2)C1c1cccs1. The predicted molar refractivity (Wildman–Crippen MR) is 128 cm³/mol. The van der Waals surface area contributed by atoms with Crippen molar-refractivity contribution in [3.63, 3.8) is 0 Å². The number of hydrogen-bond acceptors (Lipinski definition) is 6. The van der Waals surface area contributed by atoms with Crippen molar-refractivity contribution >= 4 is 52.0 Å². The highest BCUT2D eigenvalue weighted by molar-refractivity contribution is 7.10. The Kier molecular flexibility index (Phi) is 6.65. The lowest BCUT2D eigenvalue weighted by Gasteiger charge is -2.25. The number of Topliss-reactive ketones (excluding diaryl/α,β-unsaturated/α-hetero) is 1. The van der Waals surface area contributed by atoms with E-state index in [-0.39, 0.29) is 39.2 Å². The molecule has 33 heavy (non-hydrogen) atoms. The molecule has 0 radical (unpaired) electrons. The Balaban J connectivity index is 1.86. The monoisotopic (exact) mass is 503 g/mol. The van der Waals surface area contributed by atoms with Crippen LogP contribution in [-0.4, -0.2) is 35.9 Å². The summed E-state index contributed by atoms with van der Waals surface area (Å²) in [5.41, 5.74) is 0.913. The van der Waals surface area contributed by atoms with Crippen molar-refractivity contribution in [1.82, 2.24) is 4.90 Å². The smallest absolute Gasteiger partial charge is 0.295 e. The van der Waals surface area contributed by atoms with E-state index >= 15 is 0 Å². The van der Waals surface area contributed by atoms with Gasteiger partial charge >= 0.3 is 0 Å². The number of rotatable bonds is 6. The number of nitrogens with zero attached hydrogens (tertiary/aromatic N) is 1. The number of amides is 1. The van der Waals surface area contributed by atoms with Crippen LogP contribution in [0.4, 0.5) is 0 Å². The van der Waals surface area contributed by atoms with E-state index in [4.69, 9.17) is 32.7 Å². The second-order valence-corrected chi connectivity index (χ2v) is 9.02. The zero-order chi connectivity index (χ0) is 23.7. The van der Waals surface area contributed by atoms with Gasteiger partial charge in [0.15, 0.2) is 5.75 Å². The lowest BCUT2D eigenvalue weighted by molar-refractivity contribution is -0.140. The first kappa shape index (κ1) is 23.2. The first-order valence-electron chi connectivity index (χ1n) is 9.84. The van der Waals surface area contributed by atoms with Gasteiger partial charge < -0.3 is 19.5 Å². The van der Waals surface area contributed by atoms with Crippen molar-refractivity contribution in [1.29, 1.82) is 0 Å². The molecule has 0 spiro atoms. The number of benzene rings is 2. The van der Waals surface area contributed by atoms with Crippen molar-refractivity contribution in [2.24, 2.45) is 0 Å². The second kappa shape index (κ2) is 9.47. The number of carbonyl (C=O) groups is 2. The summed E-state index contributed by atoms with van der Waals surface area (Å²) in [6.07, 6.45) is 0. The second-order valence-electron chi connectivity index (χ2n) is 7.23. The third-order valence-electron chi connectivity index (χ3n) is 5.36. The minimum absolute atomic E-state index is 0.0327. The number of likely N-dealkylation sites (tertiary alicyclic amines) is 1. The average molecular weight is 504 g/mol. The first-order valence-corrected chi connectivity index (χ1v) is 11.5. The lowest BCUT2D eigenvalue weighted by Crippen LogP contribution is -2.29. The molecule has 2 aromatic carbocycles. The van der Waals surface area contributed by atoms with E-state index in [0.29, 0.717) is 5.75 Å². The number of methoxy groups -OCH3 is 2. The summed E-state index contributed by atoms with van der Waals surface area (Å²) in [7, 11) is 2.97. The molecule has 1 aromatic heterocycles. The van der Waals surface area contributed by atoms with Crippen LogP contribution in [0.3, 0.4) is 0 Å². The summed E-state index contributed by atoms with van der Waals surface area (Å²) in [6.45, 7) is 0.123. The Bertz CT molecular complexity index is 1230. The van der Waals surface area contributed by atoms with E-state index in [1.165, 1.54) is 35.5 Å². The van der Waals surface area contributed by atoms with E-state index in [1.807, 2.05) is 35.7 Å². The number of carbonyl (C=O) groups excluding carboxylic acids is 2. The van der Waals surface area contributed by atoms with Crippen LogP contribution in [0.2, 0.25) is 10.0 Å². The molecular weight excluding hydrogens is 485 g/mol. The summed E-state index contributed by atoms with van der Waals surface area (Å²) in [6, 6.07) is 13.0. The molecule has 1 unspecified atom stereocenters. The molecule has 4 rings (SSSR count). The molecule has 2 heterocycles. The van der Waals surface area contributed by atoms with Gasteiger partial charge in [0.25, 0.3) is 11.7 Å². The largest absolute Gasteiger partial charge is 0.507 e. The minimum atomic E-state index is -0.788. The number of ether oxygens (including phenoxy) is 2. The molecule has 1 saturated heterocycles. The molecule has 0 saturated carbocycles. The number of halogens is 2. The van der Waals surface area contributed by atoms with Gasteiger partial charge in [-0.3, -0.25) is 9.59 Å². The molecule has 6 nitrogen and oxygen atoms in total. The molecule has 1 N–H and O–H groups in total. The average Bonchev–Trinajstić information content (AvgIpc) is 3.41. The molecule has 1 aliphatic rings. The summed E-state index contributed by atoms with van der Waals surface area (Å²) >= 11 is 13.9. The van der Waals surface area contributed by atoms with Gasteiger partial charge in [0.05, 0.1) is 42.4 Å². The molecular formula is C24H19Cl2NO5S. The highest BCUT2D eigenvalue weighted by atomic mass is 35.5. The number of ketones is 1. The fourth-order valence-electron chi connectivity index (χ4n) is 3.85. The Labute approximate surface area is 204 Å². The maximum Gasteiger partial charge on any atom is 0.295 e. The number of aliphatic hydroxyl groups excluding tert-OH is 1. The Morgan fingerprint density at radius 2 is 1.76 bits per heavy atom. The van der Waals surface area contributed by atoms with Crippen LogP contribution in [0.25, 0.3) is 5.76 Å². The van der Waals surface area contributed by atoms with Gasteiger partial charge in [0.1, 0.15) is 11.5 Å². The zero-order valence-electron chi connectivity index (χ0n) is 17.7. The zero-order valence-corrected chi connectivity index (χ0v) is 20.0. The Hall–Kier alpha value is -3.00. The molecule has 3 aromatic rings. The van der Waals surface area contributed by atoms with Crippen LogP contribution >= 0.6 is 34.5 Å². The van der Waals surface area contributed by atoms with E-state index < -0.39 is 17.7 Å². The minimum Gasteiger partial charge on any atom is -0.507 e. The first-order chi connectivity index (χ1) is 15.9.